The summed E-state index contributed by atoms with van der Waals surface area (Å²) in [4.78, 5) is 0. The Morgan fingerprint density at radius 1 is 0.306 bits per heavy atom. The van der Waals surface area contributed by atoms with Crippen molar-refractivity contribution in [2.24, 2.45) is 0 Å². The summed E-state index contributed by atoms with van der Waals surface area (Å²) in [5.74, 6) is 0. The van der Waals surface area contributed by atoms with Gasteiger partial charge < -0.3 is 0 Å². The molecule has 0 fully saturated rings. The number of hydrogen-bond acceptors (Lipinski definition) is 0. The molecule has 0 unspecified atom stereocenters. The summed E-state index contributed by atoms with van der Waals surface area (Å²) in [6, 6.07) is 63.2. The maximum Gasteiger partial charge on any atom is 0.0159 e. The van der Waals surface area contributed by atoms with Crippen LogP contribution in [-0.4, -0.2) is 0 Å². The third kappa shape index (κ3) is 4.17. The highest BCUT2D eigenvalue weighted by Crippen LogP contribution is 2.52. The van der Waals surface area contributed by atoms with Crippen LogP contribution >= 0.6 is 0 Å². The van der Waals surface area contributed by atoms with Crippen LogP contribution in [-0.2, 0) is 5.41 Å². The lowest BCUT2D eigenvalue weighted by atomic mass is 9.81. The van der Waals surface area contributed by atoms with E-state index >= 15 is 0 Å². The molecule has 0 amide bonds. The zero-order valence-corrected chi connectivity index (χ0v) is 27.7. The predicted molar refractivity (Wildman–Crippen MR) is 210 cm³/mol. The van der Waals surface area contributed by atoms with Crippen molar-refractivity contribution in [2.45, 2.75) is 19.3 Å². The highest BCUT2D eigenvalue weighted by Gasteiger charge is 2.36. The number of fused-ring (bicyclic) bond motifs is 8. The van der Waals surface area contributed by atoms with Gasteiger partial charge in [0, 0.05) is 5.41 Å². The summed E-state index contributed by atoms with van der Waals surface area (Å²) in [5, 5.41) is 10.3. The van der Waals surface area contributed by atoms with E-state index in [0.717, 1.165) is 0 Å². The zero-order valence-electron chi connectivity index (χ0n) is 27.7. The molecule has 1 aliphatic carbocycles. The topological polar surface area (TPSA) is 0 Å². The molecule has 10 rings (SSSR count). The lowest BCUT2D eigenvalue weighted by Gasteiger charge is -2.21. The van der Waals surface area contributed by atoms with Crippen LogP contribution in [0.2, 0.25) is 0 Å². The van der Waals surface area contributed by atoms with Gasteiger partial charge in [-0.15, -0.1) is 0 Å². The third-order valence-electron chi connectivity index (χ3n) is 11.0. The molecule has 0 bridgehead atoms. The monoisotopic (exact) mass is 622 g/mol. The molecule has 9 aromatic rings. The lowest BCUT2D eigenvalue weighted by molar-refractivity contribution is 0.661. The van der Waals surface area contributed by atoms with E-state index in [9.17, 15) is 0 Å². The lowest BCUT2D eigenvalue weighted by Crippen LogP contribution is -2.14. The van der Waals surface area contributed by atoms with Gasteiger partial charge in [-0.1, -0.05) is 166 Å². The van der Waals surface area contributed by atoms with Crippen LogP contribution in [0.3, 0.4) is 0 Å². The Morgan fingerprint density at radius 2 is 0.796 bits per heavy atom. The van der Waals surface area contributed by atoms with Crippen molar-refractivity contribution in [3.63, 3.8) is 0 Å². The molecule has 0 radical (unpaired) electrons. The molecule has 230 valence electrons. The summed E-state index contributed by atoms with van der Waals surface area (Å²) in [6.07, 6.45) is 0. The molecule has 0 atom stereocenters. The average molecular weight is 623 g/mol. The van der Waals surface area contributed by atoms with Crippen LogP contribution in [0.1, 0.15) is 25.0 Å². The highest BCUT2D eigenvalue weighted by atomic mass is 14.4. The molecule has 1 aliphatic rings. The first-order valence-electron chi connectivity index (χ1n) is 17.3. The minimum absolute atomic E-state index is 0.0420. The van der Waals surface area contributed by atoms with Gasteiger partial charge in [0.1, 0.15) is 0 Å². The van der Waals surface area contributed by atoms with Crippen molar-refractivity contribution >= 4 is 43.1 Å². The molecule has 0 saturated carbocycles. The fourth-order valence-electron chi connectivity index (χ4n) is 8.65. The van der Waals surface area contributed by atoms with Gasteiger partial charge in [-0.2, -0.15) is 0 Å². The Balaban J connectivity index is 1.18. The molecular weight excluding hydrogens is 589 g/mol. The Kier molecular flexibility index (Phi) is 6.02. The normalized spacial score (nSPS) is 13.3. The maximum atomic E-state index is 2.44. The van der Waals surface area contributed by atoms with Crippen LogP contribution in [0.25, 0.3) is 87.6 Å². The molecule has 9 aromatic carbocycles. The minimum Gasteiger partial charge on any atom is -0.0616 e. The Labute approximate surface area is 286 Å². The predicted octanol–water partition coefficient (Wildman–Crippen LogP) is 13.6. The Morgan fingerprint density at radius 3 is 1.49 bits per heavy atom. The van der Waals surface area contributed by atoms with Crippen molar-refractivity contribution in [1.82, 2.24) is 0 Å². The molecule has 0 heterocycles. The molecule has 0 nitrogen and oxygen atoms in total. The van der Waals surface area contributed by atoms with Crippen molar-refractivity contribution in [1.29, 1.82) is 0 Å². The third-order valence-corrected chi connectivity index (χ3v) is 11.0. The minimum atomic E-state index is -0.0420. The van der Waals surface area contributed by atoms with Crippen molar-refractivity contribution in [3.05, 3.63) is 181 Å². The summed E-state index contributed by atoms with van der Waals surface area (Å²) >= 11 is 0. The van der Waals surface area contributed by atoms with Gasteiger partial charge in [0.05, 0.1) is 0 Å². The first-order valence-corrected chi connectivity index (χ1v) is 17.3. The van der Waals surface area contributed by atoms with Gasteiger partial charge >= 0.3 is 0 Å². The van der Waals surface area contributed by atoms with Gasteiger partial charge in [0.25, 0.3) is 0 Å². The van der Waals surface area contributed by atoms with E-state index in [1.807, 2.05) is 0 Å². The van der Waals surface area contributed by atoms with Crippen LogP contribution in [0.4, 0.5) is 0 Å². The van der Waals surface area contributed by atoms with Crippen LogP contribution in [0.5, 0.6) is 0 Å². The molecule has 0 saturated heterocycles. The SMILES string of the molecule is CC1(C)c2ccc(-c3cccc(-c4c5ccccc5c(-c5ccc6ccccc6c5)c5ccccc45)c3)cc2-c2c1ccc1ccccc21. The quantitative estimate of drug-likeness (QED) is 0.172. The number of rotatable bonds is 3. The fraction of sp³-hybridized carbons (Fsp3) is 0.0612. The van der Waals surface area contributed by atoms with E-state index in [1.165, 1.54) is 98.7 Å². The van der Waals surface area contributed by atoms with E-state index in [2.05, 4.69) is 184 Å². The summed E-state index contributed by atoms with van der Waals surface area (Å²) in [6.45, 7) is 4.73. The second-order valence-electron chi connectivity index (χ2n) is 14.1. The van der Waals surface area contributed by atoms with Crippen LogP contribution in [0.15, 0.2) is 170 Å². The molecule has 0 heteroatoms. The van der Waals surface area contributed by atoms with E-state index in [4.69, 9.17) is 0 Å². The first kappa shape index (κ1) is 28.1. The molecule has 0 spiro atoms. The maximum absolute atomic E-state index is 2.44. The molecule has 0 aliphatic heterocycles. The van der Waals surface area contributed by atoms with E-state index in [1.54, 1.807) is 0 Å². The average Bonchev–Trinajstić information content (AvgIpc) is 3.39. The van der Waals surface area contributed by atoms with Gasteiger partial charge in [-0.25, -0.2) is 0 Å². The van der Waals surface area contributed by atoms with E-state index in [-0.39, 0.29) is 5.41 Å². The summed E-state index contributed by atoms with van der Waals surface area (Å²) < 4.78 is 0. The van der Waals surface area contributed by atoms with Crippen molar-refractivity contribution in [2.75, 3.05) is 0 Å². The van der Waals surface area contributed by atoms with Crippen molar-refractivity contribution in [3.8, 4) is 44.5 Å². The number of benzene rings is 9. The van der Waals surface area contributed by atoms with Crippen LogP contribution in [0, 0.1) is 0 Å². The highest BCUT2D eigenvalue weighted by molar-refractivity contribution is 6.22. The van der Waals surface area contributed by atoms with Gasteiger partial charge in [0.15, 0.2) is 0 Å². The first-order chi connectivity index (χ1) is 24.1. The Hall–Kier alpha value is -5.98. The summed E-state index contributed by atoms with van der Waals surface area (Å²) in [7, 11) is 0. The Bertz CT molecular complexity index is 2740. The second kappa shape index (κ2) is 10.5. The van der Waals surface area contributed by atoms with E-state index in [0.29, 0.717) is 0 Å². The summed E-state index contributed by atoms with van der Waals surface area (Å²) in [5.41, 5.74) is 13.1. The molecule has 49 heavy (non-hydrogen) atoms. The smallest absolute Gasteiger partial charge is 0.0159 e. The fourth-order valence-corrected chi connectivity index (χ4v) is 8.65. The van der Waals surface area contributed by atoms with E-state index < -0.39 is 0 Å². The van der Waals surface area contributed by atoms with Crippen LogP contribution < -0.4 is 0 Å². The van der Waals surface area contributed by atoms with Crippen molar-refractivity contribution < 1.29 is 0 Å². The molecular formula is C49H34. The second-order valence-corrected chi connectivity index (χ2v) is 14.1. The number of hydrogen-bond donors (Lipinski definition) is 0. The van der Waals surface area contributed by atoms with Gasteiger partial charge in [-0.05, 0) is 117 Å². The largest absolute Gasteiger partial charge is 0.0616 e. The van der Waals surface area contributed by atoms with Gasteiger partial charge in [-0.3, -0.25) is 0 Å². The molecule has 0 N–H and O–H groups in total. The van der Waals surface area contributed by atoms with Gasteiger partial charge in [0.2, 0.25) is 0 Å². The standard InChI is InChI=1S/C49H34/c1-49(2)44-26-25-35(30-43(44)48-38-17-6-5-13-32(38)24-27-45(48)49)34-15-11-16-36(29-34)46-39-18-7-9-20-41(39)47(42-21-10-8-19-40(42)46)37-23-22-31-12-3-4-14-33(31)28-37/h3-30H,1-2H3. The molecule has 0 aromatic heterocycles. The zero-order chi connectivity index (χ0) is 32.7.